The lowest BCUT2D eigenvalue weighted by Gasteiger charge is -2.06. The van der Waals surface area contributed by atoms with Crippen LogP contribution in [0.15, 0.2) is 24.3 Å². The van der Waals surface area contributed by atoms with E-state index in [-0.39, 0.29) is 0 Å². The molecule has 3 rings (SSSR count). The zero-order valence-corrected chi connectivity index (χ0v) is 11.3. The van der Waals surface area contributed by atoms with Gasteiger partial charge in [0.2, 0.25) is 5.95 Å². The maximum absolute atomic E-state index is 8.86. The van der Waals surface area contributed by atoms with Crippen molar-refractivity contribution in [1.29, 1.82) is 5.26 Å². The van der Waals surface area contributed by atoms with Crippen LogP contribution in [0.4, 0.5) is 5.95 Å². The number of benzene rings is 1. The number of hydrogen-bond donors (Lipinski definition) is 1. The SMILES string of the molecule is CCc1nn(C)c2c1nc(N)n2-c1ccc(C#N)cc1. The molecule has 0 spiro atoms. The highest BCUT2D eigenvalue weighted by Gasteiger charge is 2.17. The second-order valence-electron chi connectivity index (χ2n) is 4.56. The monoisotopic (exact) mass is 266 g/mol. The fraction of sp³-hybridized carbons (Fsp3) is 0.214. The van der Waals surface area contributed by atoms with Gasteiger partial charge < -0.3 is 5.73 Å². The van der Waals surface area contributed by atoms with Crippen LogP contribution >= 0.6 is 0 Å². The molecule has 1 aromatic carbocycles. The van der Waals surface area contributed by atoms with Crippen molar-refractivity contribution in [2.75, 3.05) is 5.73 Å². The lowest BCUT2D eigenvalue weighted by atomic mass is 10.2. The molecule has 0 saturated heterocycles. The van der Waals surface area contributed by atoms with Crippen LogP contribution in [0.3, 0.4) is 0 Å². The molecule has 100 valence electrons. The van der Waals surface area contributed by atoms with E-state index in [1.165, 1.54) is 0 Å². The van der Waals surface area contributed by atoms with Gasteiger partial charge in [0.05, 0.1) is 23.0 Å². The van der Waals surface area contributed by atoms with E-state index in [9.17, 15) is 0 Å². The van der Waals surface area contributed by atoms with Gasteiger partial charge in [-0.2, -0.15) is 10.4 Å². The Morgan fingerprint density at radius 2 is 2.00 bits per heavy atom. The van der Waals surface area contributed by atoms with E-state index >= 15 is 0 Å². The fourth-order valence-corrected chi connectivity index (χ4v) is 2.37. The molecule has 6 nitrogen and oxygen atoms in total. The van der Waals surface area contributed by atoms with E-state index in [2.05, 4.69) is 16.2 Å². The van der Waals surface area contributed by atoms with Crippen molar-refractivity contribution in [3.05, 3.63) is 35.5 Å². The van der Waals surface area contributed by atoms with E-state index in [4.69, 9.17) is 11.0 Å². The molecule has 2 heterocycles. The third-order valence-electron chi connectivity index (χ3n) is 3.32. The largest absolute Gasteiger partial charge is 0.369 e. The molecule has 6 heteroatoms. The lowest BCUT2D eigenvalue weighted by Crippen LogP contribution is -2.05. The first-order valence-electron chi connectivity index (χ1n) is 6.36. The van der Waals surface area contributed by atoms with Gasteiger partial charge in [0.1, 0.15) is 5.52 Å². The first kappa shape index (κ1) is 12.2. The number of imidazole rings is 1. The molecule has 0 atom stereocenters. The van der Waals surface area contributed by atoms with Gasteiger partial charge in [0, 0.05) is 7.05 Å². The summed E-state index contributed by atoms with van der Waals surface area (Å²) in [4.78, 5) is 4.42. The molecule has 0 saturated carbocycles. The maximum atomic E-state index is 8.86. The summed E-state index contributed by atoms with van der Waals surface area (Å²) >= 11 is 0. The predicted molar refractivity (Wildman–Crippen MR) is 76.3 cm³/mol. The zero-order valence-electron chi connectivity index (χ0n) is 11.3. The average molecular weight is 266 g/mol. The Kier molecular flexibility index (Phi) is 2.68. The summed E-state index contributed by atoms with van der Waals surface area (Å²) in [6.07, 6.45) is 0.807. The summed E-state index contributed by atoms with van der Waals surface area (Å²) in [6, 6.07) is 9.34. The summed E-state index contributed by atoms with van der Waals surface area (Å²) in [7, 11) is 1.88. The van der Waals surface area contributed by atoms with E-state index in [0.717, 1.165) is 29.0 Å². The summed E-state index contributed by atoms with van der Waals surface area (Å²) in [5.41, 5.74) is 10.1. The lowest BCUT2D eigenvalue weighted by molar-refractivity contribution is 0.751. The number of hydrogen-bond acceptors (Lipinski definition) is 4. The minimum atomic E-state index is 0.424. The molecule has 3 aromatic rings. The predicted octanol–water partition coefficient (Wildman–Crippen LogP) is 1.78. The Morgan fingerprint density at radius 1 is 1.30 bits per heavy atom. The number of nitriles is 1. The first-order valence-corrected chi connectivity index (χ1v) is 6.36. The second kappa shape index (κ2) is 4.38. The first-order chi connectivity index (χ1) is 9.65. The molecule has 0 amide bonds. The average Bonchev–Trinajstić information content (AvgIpc) is 2.96. The van der Waals surface area contributed by atoms with Crippen molar-refractivity contribution >= 4 is 17.1 Å². The number of nitrogens with zero attached hydrogens (tertiary/aromatic N) is 5. The van der Waals surface area contributed by atoms with Crippen molar-refractivity contribution in [3.8, 4) is 11.8 Å². The Bertz CT molecular complexity index is 816. The number of anilines is 1. The van der Waals surface area contributed by atoms with Crippen LogP contribution < -0.4 is 5.73 Å². The van der Waals surface area contributed by atoms with Crippen LogP contribution in [-0.4, -0.2) is 19.3 Å². The molecule has 0 aliphatic rings. The summed E-state index contributed by atoms with van der Waals surface area (Å²) in [6.45, 7) is 2.04. The molecule has 2 N–H and O–H groups in total. The third-order valence-corrected chi connectivity index (χ3v) is 3.32. The molecule has 0 unspecified atom stereocenters. The number of aromatic nitrogens is 4. The van der Waals surface area contributed by atoms with Gasteiger partial charge in [-0.05, 0) is 30.7 Å². The van der Waals surface area contributed by atoms with Crippen molar-refractivity contribution < 1.29 is 0 Å². The molecule has 2 aromatic heterocycles. The molecule has 0 bridgehead atoms. The van der Waals surface area contributed by atoms with Crippen molar-refractivity contribution in [3.63, 3.8) is 0 Å². The van der Waals surface area contributed by atoms with Crippen LogP contribution in [-0.2, 0) is 13.5 Å². The van der Waals surface area contributed by atoms with Crippen molar-refractivity contribution in [1.82, 2.24) is 19.3 Å². The van der Waals surface area contributed by atoms with Crippen molar-refractivity contribution in [2.24, 2.45) is 7.05 Å². The van der Waals surface area contributed by atoms with E-state index in [0.29, 0.717) is 11.5 Å². The van der Waals surface area contributed by atoms with Crippen molar-refractivity contribution in [2.45, 2.75) is 13.3 Å². The minimum absolute atomic E-state index is 0.424. The summed E-state index contributed by atoms with van der Waals surface area (Å²) in [5, 5.41) is 13.3. The van der Waals surface area contributed by atoms with Crippen LogP contribution in [0.2, 0.25) is 0 Å². The molecule has 0 aliphatic carbocycles. The molecule has 0 radical (unpaired) electrons. The van der Waals surface area contributed by atoms with E-state index < -0.39 is 0 Å². The van der Waals surface area contributed by atoms with Gasteiger partial charge in [0.15, 0.2) is 5.65 Å². The Balaban J connectivity index is 2.27. The number of rotatable bonds is 2. The van der Waals surface area contributed by atoms with Gasteiger partial charge in [-0.3, -0.25) is 4.57 Å². The zero-order chi connectivity index (χ0) is 14.3. The molecular weight excluding hydrogens is 252 g/mol. The highest BCUT2D eigenvalue weighted by atomic mass is 15.3. The van der Waals surface area contributed by atoms with Gasteiger partial charge in [-0.1, -0.05) is 6.92 Å². The number of fused-ring (bicyclic) bond motifs is 1. The topological polar surface area (TPSA) is 85.5 Å². The van der Waals surface area contributed by atoms with Gasteiger partial charge >= 0.3 is 0 Å². The fourth-order valence-electron chi connectivity index (χ4n) is 2.37. The van der Waals surface area contributed by atoms with Crippen LogP contribution in [0.1, 0.15) is 18.2 Å². The number of aryl methyl sites for hydroxylation is 2. The molecular formula is C14H14N6. The number of nitrogen functional groups attached to an aromatic ring is 1. The van der Waals surface area contributed by atoms with Gasteiger partial charge in [-0.25, -0.2) is 9.67 Å². The Hall–Kier alpha value is -2.81. The molecule has 20 heavy (non-hydrogen) atoms. The summed E-state index contributed by atoms with van der Waals surface area (Å²) in [5.74, 6) is 0.424. The standard InChI is InChI=1S/C14H14N6/c1-3-11-12-13(19(2)18-11)20(14(16)17-12)10-6-4-9(8-15)5-7-10/h4-7H,3H2,1-2H3,(H2,16,17). The minimum Gasteiger partial charge on any atom is -0.369 e. The van der Waals surface area contributed by atoms with E-state index in [1.54, 1.807) is 16.8 Å². The van der Waals surface area contributed by atoms with Gasteiger partial charge in [-0.15, -0.1) is 0 Å². The maximum Gasteiger partial charge on any atom is 0.207 e. The van der Waals surface area contributed by atoms with Crippen LogP contribution in [0.25, 0.3) is 16.9 Å². The number of nitrogens with two attached hydrogens (primary N) is 1. The van der Waals surface area contributed by atoms with Crippen LogP contribution in [0, 0.1) is 11.3 Å². The van der Waals surface area contributed by atoms with Gasteiger partial charge in [0.25, 0.3) is 0 Å². The Labute approximate surface area is 116 Å². The smallest absolute Gasteiger partial charge is 0.207 e. The molecule has 0 fully saturated rings. The quantitative estimate of drug-likeness (QED) is 0.766. The molecule has 0 aliphatic heterocycles. The van der Waals surface area contributed by atoms with E-state index in [1.807, 2.05) is 30.7 Å². The normalized spacial score (nSPS) is 10.8. The Morgan fingerprint density at radius 3 is 2.60 bits per heavy atom. The van der Waals surface area contributed by atoms with Crippen LogP contribution in [0.5, 0.6) is 0 Å². The highest BCUT2D eigenvalue weighted by Crippen LogP contribution is 2.25. The third kappa shape index (κ3) is 1.64. The summed E-state index contributed by atoms with van der Waals surface area (Å²) < 4.78 is 3.64. The second-order valence-corrected chi connectivity index (χ2v) is 4.56. The highest BCUT2D eigenvalue weighted by molar-refractivity contribution is 5.80.